The lowest BCUT2D eigenvalue weighted by molar-refractivity contribution is 0.0925. The second-order valence-corrected chi connectivity index (χ2v) is 7.77. The van der Waals surface area contributed by atoms with Gasteiger partial charge >= 0.3 is 0 Å². The quantitative estimate of drug-likeness (QED) is 0.488. The predicted molar refractivity (Wildman–Crippen MR) is 123 cm³/mol. The summed E-state index contributed by atoms with van der Waals surface area (Å²) in [5, 5.41) is 10.9. The molecule has 1 aliphatic heterocycles. The van der Waals surface area contributed by atoms with E-state index >= 15 is 0 Å². The summed E-state index contributed by atoms with van der Waals surface area (Å²) < 4.78 is 1.60. The molecule has 0 atom stereocenters. The molecule has 0 unspecified atom stereocenters. The molecule has 33 heavy (non-hydrogen) atoms. The summed E-state index contributed by atoms with van der Waals surface area (Å²) in [6, 6.07) is 21.0. The number of anilines is 2. The average molecular weight is 437 g/mol. The van der Waals surface area contributed by atoms with Gasteiger partial charge in [-0.15, -0.1) is 5.10 Å². The summed E-state index contributed by atoms with van der Waals surface area (Å²) in [6.07, 6.45) is 0. The second kappa shape index (κ2) is 7.83. The Hall–Kier alpha value is -4.59. The van der Waals surface area contributed by atoms with Gasteiger partial charge in [-0.2, -0.15) is 0 Å². The number of nitrogens with one attached hydrogen (secondary N) is 1. The van der Waals surface area contributed by atoms with Gasteiger partial charge in [0, 0.05) is 5.69 Å². The number of hydrogen-bond acceptors (Lipinski definition) is 5. The van der Waals surface area contributed by atoms with E-state index in [0.717, 1.165) is 16.2 Å². The van der Waals surface area contributed by atoms with E-state index in [-0.39, 0.29) is 5.69 Å². The van der Waals surface area contributed by atoms with Crippen molar-refractivity contribution in [2.45, 2.75) is 13.8 Å². The number of fused-ring (bicyclic) bond motifs is 1. The van der Waals surface area contributed by atoms with Gasteiger partial charge in [0.15, 0.2) is 5.69 Å². The zero-order valence-corrected chi connectivity index (χ0v) is 17.9. The number of carbonyl (C=O) groups excluding carboxylic acids is 3. The Kier molecular flexibility index (Phi) is 4.82. The normalized spacial score (nSPS) is 12.7. The van der Waals surface area contributed by atoms with Crippen LogP contribution >= 0.6 is 0 Å². The number of carbonyl (C=O) groups is 3. The van der Waals surface area contributed by atoms with Crippen LogP contribution in [0.5, 0.6) is 0 Å². The van der Waals surface area contributed by atoms with Crippen molar-refractivity contribution >= 4 is 29.1 Å². The molecule has 0 radical (unpaired) electrons. The molecule has 0 saturated heterocycles. The van der Waals surface area contributed by atoms with E-state index in [1.165, 1.54) is 0 Å². The Balaban J connectivity index is 1.39. The third-order valence-electron chi connectivity index (χ3n) is 5.54. The lowest BCUT2D eigenvalue weighted by Crippen LogP contribution is -2.29. The molecule has 0 bridgehead atoms. The molecule has 162 valence electrons. The predicted octanol–water partition coefficient (Wildman–Crippen LogP) is 3.94. The lowest BCUT2D eigenvalue weighted by Gasteiger charge is -2.15. The highest BCUT2D eigenvalue weighted by Gasteiger charge is 2.36. The van der Waals surface area contributed by atoms with Crippen LogP contribution in [0.25, 0.3) is 5.69 Å². The molecule has 1 N–H and O–H groups in total. The smallest absolute Gasteiger partial charge is 0.278 e. The van der Waals surface area contributed by atoms with Crippen LogP contribution in [0, 0.1) is 13.8 Å². The molecule has 1 aliphatic rings. The summed E-state index contributed by atoms with van der Waals surface area (Å²) in [7, 11) is 0. The maximum atomic E-state index is 12.9. The first-order valence-electron chi connectivity index (χ1n) is 10.3. The minimum Gasteiger partial charge on any atom is -0.320 e. The number of amides is 3. The van der Waals surface area contributed by atoms with Crippen molar-refractivity contribution in [3.05, 3.63) is 101 Å². The van der Waals surface area contributed by atoms with Crippen molar-refractivity contribution in [2.75, 3.05) is 10.2 Å². The molecule has 2 heterocycles. The molecule has 0 spiro atoms. The number of nitrogens with zero attached hydrogens (tertiary/aromatic N) is 4. The summed E-state index contributed by atoms with van der Waals surface area (Å²) >= 11 is 0. The maximum Gasteiger partial charge on any atom is 0.278 e. The van der Waals surface area contributed by atoms with Crippen molar-refractivity contribution < 1.29 is 14.4 Å². The molecule has 0 saturated carbocycles. The van der Waals surface area contributed by atoms with E-state index < -0.39 is 17.7 Å². The third-order valence-corrected chi connectivity index (χ3v) is 5.54. The van der Waals surface area contributed by atoms with Crippen LogP contribution in [0.1, 0.15) is 42.5 Å². The average Bonchev–Trinajstić information content (AvgIpc) is 3.32. The molecule has 0 fully saturated rings. The van der Waals surface area contributed by atoms with E-state index in [4.69, 9.17) is 0 Å². The van der Waals surface area contributed by atoms with E-state index in [1.807, 2.05) is 31.2 Å². The highest BCUT2D eigenvalue weighted by molar-refractivity contribution is 6.34. The van der Waals surface area contributed by atoms with Crippen molar-refractivity contribution in [3.63, 3.8) is 0 Å². The van der Waals surface area contributed by atoms with Crippen LogP contribution in [0.2, 0.25) is 0 Å². The Morgan fingerprint density at radius 1 is 0.818 bits per heavy atom. The molecule has 8 heteroatoms. The molecular weight excluding hydrogens is 418 g/mol. The fraction of sp³-hybridized carbons (Fsp3) is 0.0800. The minimum absolute atomic E-state index is 0.182. The Bertz CT molecular complexity index is 1390. The van der Waals surface area contributed by atoms with E-state index in [1.54, 1.807) is 60.1 Å². The van der Waals surface area contributed by atoms with Crippen molar-refractivity contribution in [3.8, 4) is 5.69 Å². The van der Waals surface area contributed by atoms with Crippen molar-refractivity contribution in [1.29, 1.82) is 0 Å². The van der Waals surface area contributed by atoms with Crippen molar-refractivity contribution in [1.82, 2.24) is 15.0 Å². The topological polar surface area (TPSA) is 97.2 Å². The maximum absolute atomic E-state index is 12.9. The highest BCUT2D eigenvalue weighted by atomic mass is 16.2. The number of rotatable bonds is 4. The van der Waals surface area contributed by atoms with Gasteiger partial charge in [0.1, 0.15) is 0 Å². The Morgan fingerprint density at radius 2 is 1.48 bits per heavy atom. The highest BCUT2D eigenvalue weighted by Crippen LogP contribution is 2.30. The van der Waals surface area contributed by atoms with Crippen LogP contribution < -0.4 is 10.2 Å². The standard InChI is InChI=1S/C25H19N5O3/c1-15-10-12-18(13-11-15)30-16(2)22(27-28-30)23(31)26-17-6-5-7-19(14-17)29-24(32)20-8-3-4-9-21(20)25(29)33/h3-14H,1-2H3,(H,26,31). The lowest BCUT2D eigenvalue weighted by atomic mass is 10.1. The molecular formula is C25H19N5O3. The van der Waals surface area contributed by atoms with E-state index in [2.05, 4.69) is 15.6 Å². The van der Waals surface area contributed by atoms with E-state index in [9.17, 15) is 14.4 Å². The van der Waals surface area contributed by atoms with Gasteiger partial charge < -0.3 is 5.32 Å². The molecule has 8 nitrogen and oxygen atoms in total. The van der Waals surface area contributed by atoms with Gasteiger partial charge in [-0.05, 0) is 56.3 Å². The molecule has 0 aliphatic carbocycles. The summed E-state index contributed by atoms with van der Waals surface area (Å²) in [5.41, 5.74) is 4.22. The third kappa shape index (κ3) is 3.47. The molecule has 5 rings (SSSR count). The summed E-state index contributed by atoms with van der Waals surface area (Å²) in [4.78, 5) is 39.5. The number of hydrogen-bond donors (Lipinski definition) is 1. The van der Waals surface area contributed by atoms with E-state index in [0.29, 0.717) is 28.2 Å². The molecule has 3 amide bonds. The second-order valence-electron chi connectivity index (χ2n) is 7.77. The Morgan fingerprint density at radius 3 is 2.15 bits per heavy atom. The van der Waals surface area contributed by atoms with Gasteiger partial charge in [-0.1, -0.05) is 41.1 Å². The van der Waals surface area contributed by atoms with Gasteiger partial charge in [0.05, 0.1) is 28.2 Å². The fourth-order valence-corrected chi connectivity index (χ4v) is 3.81. The van der Waals surface area contributed by atoms with Gasteiger partial charge in [0.2, 0.25) is 0 Å². The largest absolute Gasteiger partial charge is 0.320 e. The summed E-state index contributed by atoms with van der Waals surface area (Å²) in [5.74, 6) is -1.22. The van der Waals surface area contributed by atoms with Gasteiger partial charge in [-0.25, -0.2) is 9.58 Å². The first-order chi connectivity index (χ1) is 15.9. The van der Waals surface area contributed by atoms with Crippen LogP contribution in [0.3, 0.4) is 0 Å². The fourth-order valence-electron chi connectivity index (χ4n) is 3.81. The van der Waals surface area contributed by atoms with Crippen LogP contribution in [-0.2, 0) is 0 Å². The van der Waals surface area contributed by atoms with Gasteiger partial charge in [-0.3, -0.25) is 14.4 Å². The Labute approximate surface area is 189 Å². The summed E-state index contributed by atoms with van der Waals surface area (Å²) in [6.45, 7) is 3.76. The first kappa shape index (κ1) is 20.3. The van der Waals surface area contributed by atoms with Crippen LogP contribution in [-0.4, -0.2) is 32.7 Å². The minimum atomic E-state index is -0.439. The monoisotopic (exact) mass is 437 g/mol. The molecule has 3 aromatic carbocycles. The number of imide groups is 1. The molecule has 1 aromatic heterocycles. The van der Waals surface area contributed by atoms with Crippen LogP contribution in [0.15, 0.2) is 72.8 Å². The first-order valence-corrected chi connectivity index (χ1v) is 10.3. The molecule has 4 aromatic rings. The zero-order chi connectivity index (χ0) is 23.1. The van der Waals surface area contributed by atoms with Gasteiger partial charge in [0.25, 0.3) is 17.7 Å². The zero-order valence-electron chi connectivity index (χ0n) is 17.9. The number of benzene rings is 3. The number of aromatic nitrogens is 3. The SMILES string of the molecule is Cc1ccc(-n2nnc(C(=O)Nc3cccc(N4C(=O)c5ccccc5C4=O)c3)c2C)cc1. The van der Waals surface area contributed by atoms with Crippen molar-refractivity contribution in [2.24, 2.45) is 0 Å². The van der Waals surface area contributed by atoms with Crippen LogP contribution in [0.4, 0.5) is 11.4 Å². The number of aryl methyl sites for hydroxylation is 1.